The number of fused-ring (bicyclic) bond motifs is 1. The Morgan fingerprint density at radius 3 is 2.77 bits per heavy atom. The topological polar surface area (TPSA) is 69.0 Å². The molecule has 2 aromatic heterocycles. The SMILES string of the molecule is O=C(Nc1cccc(F)n1)C(CC1CCOCC1)n1ncc2c(SC3CC3)cccc21. The number of ether oxygens (including phenoxy) is 1. The van der Waals surface area contributed by atoms with Crippen molar-refractivity contribution < 1.29 is 13.9 Å². The zero-order chi connectivity index (χ0) is 21.2. The lowest BCUT2D eigenvalue weighted by atomic mass is 9.92. The zero-order valence-corrected chi connectivity index (χ0v) is 18.0. The molecule has 6 nitrogen and oxygen atoms in total. The van der Waals surface area contributed by atoms with Crippen molar-refractivity contribution in [1.82, 2.24) is 14.8 Å². The second-order valence-corrected chi connectivity index (χ2v) is 9.58. The number of carbonyl (C=O) groups excluding carboxylic acids is 1. The van der Waals surface area contributed by atoms with Gasteiger partial charge >= 0.3 is 0 Å². The van der Waals surface area contributed by atoms with E-state index in [4.69, 9.17) is 4.74 Å². The lowest BCUT2D eigenvalue weighted by Gasteiger charge is -2.26. The van der Waals surface area contributed by atoms with Crippen LogP contribution in [0.25, 0.3) is 10.9 Å². The first kappa shape index (κ1) is 20.5. The fourth-order valence-electron chi connectivity index (χ4n) is 4.06. The summed E-state index contributed by atoms with van der Waals surface area (Å²) in [6.45, 7) is 1.43. The molecule has 2 fully saturated rings. The maximum Gasteiger partial charge on any atom is 0.250 e. The molecule has 1 N–H and O–H groups in total. The monoisotopic (exact) mass is 440 g/mol. The van der Waals surface area contributed by atoms with Gasteiger partial charge in [0.15, 0.2) is 0 Å². The van der Waals surface area contributed by atoms with Crippen LogP contribution in [-0.2, 0) is 9.53 Å². The Labute approximate surface area is 184 Å². The molecule has 1 aromatic carbocycles. The number of aromatic nitrogens is 3. The Hall–Kier alpha value is -2.45. The minimum absolute atomic E-state index is 0.211. The molecule has 31 heavy (non-hydrogen) atoms. The Bertz CT molecular complexity index is 1080. The molecule has 1 amide bonds. The van der Waals surface area contributed by atoms with Crippen molar-refractivity contribution in [3.8, 4) is 0 Å². The van der Waals surface area contributed by atoms with Crippen LogP contribution in [0.3, 0.4) is 0 Å². The first-order valence-corrected chi connectivity index (χ1v) is 11.7. The third-order valence-corrected chi connectivity index (χ3v) is 7.30. The average Bonchev–Trinajstić information content (AvgIpc) is 3.49. The van der Waals surface area contributed by atoms with Crippen LogP contribution >= 0.6 is 11.8 Å². The highest BCUT2D eigenvalue weighted by atomic mass is 32.2. The van der Waals surface area contributed by atoms with Gasteiger partial charge < -0.3 is 10.1 Å². The molecule has 2 aliphatic rings. The summed E-state index contributed by atoms with van der Waals surface area (Å²) >= 11 is 1.89. The van der Waals surface area contributed by atoms with Crippen LogP contribution in [0.1, 0.15) is 38.1 Å². The fourth-order valence-corrected chi connectivity index (χ4v) is 5.24. The molecule has 5 rings (SSSR count). The third-order valence-electron chi connectivity index (χ3n) is 5.88. The smallest absolute Gasteiger partial charge is 0.250 e. The number of amides is 1. The van der Waals surface area contributed by atoms with E-state index in [0.29, 0.717) is 30.8 Å². The molecule has 0 spiro atoms. The van der Waals surface area contributed by atoms with Crippen molar-refractivity contribution in [3.05, 3.63) is 48.5 Å². The highest BCUT2D eigenvalue weighted by molar-refractivity contribution is 8.00. The van der Waals surface area contributed by atoms with Gasteiger partial charge in [-0.05, 0) is 62.3 Å². The maximum atomic E-state index is 13.5. The summed E-state index contributed by atoms with van der Waals surface area (Å²) in [5, 5.41) is 9.21. The summed E-state index contributed by atoms with van der Waals surface area (Å²) in [7, 11) is 0. The lowest BCUT2D eigenvalue weighted by molar-refractivity contribution is -0.120. The summed E-state index contributed by atoms with van der Waals surface area (Å²) in [6, 6.07) is 10.1. The number of rotatable bonds is 7. The molecule has 0 radical (unpaired) electrons. The summed E-state index contributed by atoms with van der Waals surface area (Å²) < 4.78 is 20.9. The van der Waals surface area contributed by atoms with Gasteiger partial charge in [0.05, 0.1) is 11.7 Å². The minimum Gasteiger partial charge on any atom is -0.381 e. The molecule has 1 aliphatic carbocycles. The van der Waals surface area contributed by atoms with Crippen molar-refractivity contribution >= 4 is 34.4 Å². The number of hydrogen-bond acceptors (Lipinski definition) is 5. The molecular formula is C23H25FN4O2S. The molecule has 1 saturated carbocycles. The summed E-state index contributed by atoms with van der Waals surface area (Å²) in [4.78, 5) is 18.3. The Kier molecular flexibility index (Phi) is 5.91. The number of carbonyl (C=O) groups is 1. The van der Waals surface area contributed by atoms with E-state index in [1.165, 1.54) is 29.9 Å². The van der Waals surface area contributed by atoms with E-state index in [0.717, 1.165) is 23.7 Å². The number of benzene rings is 1. The van der Waals surface area contributed by atoms with Crippen LogP contribution in [0.15, 0.2) is 47.5 Å². The van der Waals surface area contributed by atoms with Crippen LogP contribution in [0, 0.1) is 11.9 Å². The number of thioether (sulfide) groups is 1. The van der Waals surface area contributed by atoms with Gasteiger partial charge in [0, 0.05) is 28.7 Å². The van der Waals surface area contributed by atoms with Gasteiger partial charge in [0.25, 0.3) is 0 Å². The van der Waals surface area contributed by atoms with Crippen LogP contribution in [-0.4, -0.2) is 39.1 Å². The molecular weight excluding hydrogens is 415 g/mol. The number of hydrogen-bond donors (Lipinski definition) is 1. The van der Waals surface area contributed by atoms with Gasteiger partial charge in [0.2, 0.25) is 11.9 Å². The first-order valence-electron chi connectivity index (χ1n) is 10.8. The van der Waals surface area contributed by atoms with E-state index in [1.54, 1.807) is 6.07 Å². The summed E-state index contributed by atoms with van der Waals surface area (Å²) in [6.07, 6.45) is 6.87. The second-order valence-electron chi connectivity index (χ2n) is 8.24. The molecule has 1 unspecified atom stereocenters. The summed E-state index contributed by atoms with van der Waals surface area (Å²) in [5.41, 5.74) is 0.949. The molecule has 3 heterocycles. The largest absolute Gasteiger partial charge is 0.381 e. The van der Waals surface area contributed by atoms with E-state index in [9.17, 15) is 9.18 Å². The lowest BCUT2D eigenvalue weighted by Crippen LogP contribution is -2.30. The molecule has 1 aliphatic heterocycles. The van der Waals surface area contributed by atoms with Gasteiger partial charge in [-0.3, -0.25) is 9.48 Å². The van der Waals surface area contributed by atoms with E-state index in [1.807, 2.05) is 34.8 Å². The van der Waals surface area contributed by atoms with Crippen molar-refractivity contribution in [2.24, 2.45) is 5.92 Å². The summed E-state index contributed by atoms with van der Waals surface area (Å²) in [5.74, 6) is -0.267. The van der Waals surface area contributed by atoms with Crippen LogP contribution in [0.2, 0.25) is 0 Å². The van der Waals surface area contributed by atoms with Gasteiger partial charge in [-0.1, -0.05) is 12.1 Å². The van der Waals surface area contributed by atoms with E-state index >= 15 is 0 Å². The minimum atomic E-state index is -0.620. The molecule has 0 bridgehead atoms. The van der Waals surface area contributed by atoms with Crippen molar-refractivity contribution in [3.63, 3.8) is 0 Å². The predicted octanol–water partition coefficient (Wildman–Crippen LogP) is 4.82. The van der Waals surface area contributed by atoms with E-state index in [-0.39, 0.29) is 11.7 Å². The van der Waals surface area contributed by atoms with Gasteiger partial charge in [-0.15, -0.1) is 11.8 Å². The van der Waals surface area contributed by atoms with Crippen LogP contribution < -0.4 is 5.32 Å². The number of anilines is 1. The first-order chi connectivity index (χ1) is 15.2. The molecule has 162 valence electrons. The van der Waals surface area contributed by atoms with E-state index < -0.39 is 12.0 Å². The molecule has 1 saturated heterocycles. The third kappa shape index (κ3) is 4.75. The van der Waals surface area contributed by atoms with Crippen LogP contribution in [0.4, 0.5) is 10.2 Å². The molecule has 8 heteroatoms. The highest BCUT2D eigenvalue weighted by Gasteiger charge is 2.29. The second kappa shape index (κ2) is 8.96. The predicted molar refractivity (Wildman–Crippen MR) is 119 cm³/mol. The number of halogens is 1. The average molecular weight is 441 g/mol. The number of nitrogens with one attached hydrogen (secondary N) is 1. The van der Waals surface area contributed by atoms with Crippen molar-refractivity contribution in [2.75, 3.05) is 18.5 Å². The van der Waals surface area contributed by atoms with E-state index in [2.05, 4.69) is 21.5 Å². The number of pyridine rings is 1. The van der Waals surface area contributed by atoms with Gasteiger partial charge in [-0.25, -0.2) is 4.98 Å². The Balaban J connectivity index is 1.46. The zero-order valence-electron chi connectivity index (χ0n) is 17.2. The van der Waals surface area contributed by atoms with Crippen LogP contribution in [0.5, 0.6) is 0 Å². The molecule has 3 aromatic rings. The van der Waals surface area contributed by atoms with Crippen molar-refractivity contribution in [1.29, 1.82) is 0 Å². The quantitative estimate of drug-likeness (QED) is 0.534. The van der Waals surface area contributed by atoms with Gasteiger partial charge in [-0.2, -0.15) is 9.49 Å². The fraction of sp³-hybridized carbons (Fsp3) is 0.435. The Morgan fingerprint density at radius 1 is 1.19 bits per heavy atom. The van der Waals surface area contributed by atoms with Crippen molar-refractivity contribution in [2.45, 2.75) is 48.3 Å². The standard InChI is InChI=1S/C23H25FN4O2S/c24-21-5-2-6-22(26-21)27-23(29)19(13-15-9-11-30-12-10-15)28-18-3-1-4-20(17(18)14-25-28)31-16-7-8-16/h1-6,14-16,19H,7-13H2,(H,26,27,29). The number of nitrogens with zero attached hydrogens (tertiary/aromatic N) is 3. The molecule has 1 atom stereocenters. The highest BCUT2D eigenvalue weighted by Crippen LogP contribution is 2.42. The maximum absolute atomic E-state index is 13.5. The van der Waals surface area contributed by atoms with Gasteiger partial charge in [0.1, 0.15) is 11.9 Å². The normalized spacial score (nSPS) is 18.2. The Morgan fingerprint density at radius 2 is 2.00 bits per heavy atom.